The van der Waals surface area contributed by atoms with Crippen LogP contribution in [0, 0.1) is 0 Å². The quantitative estimate of drug-likeness (QED) is 0.840. The molecule has 1 unspecified atom stereocenters. The van der Waals surface area contributed by atoms with Crippen molar-refractivity contribution in [2.24, 2.45) is 5.73 Å². The van der Waals surface area contributed by atoms with Crippen molar-refractivity contribution >= 4 is 15.9 Å². The molecular weight excluding hydrogens is 280 g/mol. The Morgan fingerprint density at radius 1 is 1.47 bits per heavy atom. The van der Waals surface area contributed by atoms with E-state index in [1.54, 1.807) is 0 Å². The molecule has 2 rings (SSSR count). The highest BCUT2D eigenvalue weighted by molar-refractivity contribution is 9.10. The lowest BCUT2D eigenvalue weighted by molar-refractivity contribution is 0.315. The van der Waals surface area contributed by atoms with Crippen LogP contribution in [0.15, 0.2) is 22.7 Å². The minimum atomic E-state index is 0.396. The normalized spacial score (nSPS) is 19.3. The van der Waals surface area contributed by atoms with Crippen molar-refractivity contribution in [1.82, 2.24) is 5.32 Å². The monoisotopic (exact) mass is 298 g/mol. The van der Waals surface area contributed by atoms with Crippen LogP contribution in [0.25, 0.3) is 0 Å². The fraction of sp³-hybridized carbons (Fsp3) is 0.538. The second-order valence-electron chi connectivity index (χ2n) is 4.32. The fourth-order valence-electron chi connectivity index (χ4n) is 2.14. The zero-order valence-electron chi connectivity index (χ0n) is 9.92. The molecule has 0 spiro atoms. The van der Waals surface area contributed by atoms with Gasteiger partial charge in [-0.1, -0.05) is 22.0 Å². The van der Waals surface area contributed by atoms with Crippen molar-refractivity contribution in [2.75, 3.05) is 19.7 Å². The number of ether oxygens (including phenoxy) is 1. The number of benzene rings is 1. The molecule has 0 aliphatic carbocycles. The number of nitrogens with one attached hydrogen (secondary N) is 1. The Hall–Kier alpha value is -0.580. The van der Waals surface area contributed by atoms with Crippen LogP contribution in [-0.4, -0.2) is 19.7 Å². The molecule has 0 amide bonds. The van der Waals surface area contributed by atoms with E-state index in [2.05, 4.69) is 39.4 Å². The number of fused-ring (bicyclic) bond motifs is 1. The molecule has 0 bridgehead atoms. The molecule has 0 radical (unpaired) electrons. The number of hydrogen-bond acceptors (Lipinski definition) is 3. The van der Waals surface area contributed by atoms with E-state index in [0.29, 0.717) is 6.04 Å². The summed E-state index contributed by atoms with van der Waals surface area (Å²) in [6.45, 7) is 2.51. The maximum atomic E-state index is 5.77. The molecule has 0 saturated heterocycles. The Bertz CT molecular complexity index is 370. The first kappa shape index (κ1) is 12.9. The van der Waals surface area contributed by atoms with Gasteiger partial charge >= 0.3 is 0 Å². The summed E-state index contributed by atoms with van der Waals surface area (Å²) in [5.41, 5.74) is 6.79. The van der Waals surface area contributed by atoms with Crippen LogP contribution >= 0.6 is 15.9 Å². The molecule has 0 fully saturated rings. The number of nitrogens with two attached hydrogens (primary N) is 1. The first-order chi connectivity index (χ1) is 8.31. The Morgan fingerprint density at radius 3 is 3.18 bits per heavy atom. The average Bonchev–Trinajstić information content (AvgIpc) is 2.52. The van der Waals surface area contributed by atoms with Gasteiger partial charge in [0.15, 0.2) is 0 Å². The molecule has 3 nitrogen and oxygen atoms in total. The van der Waals surface area contributed by atoms with Crippen LogP contribution in [0.4, 0.5) is 0 Å². The van der Waals surface area contributed by atoms with Crippen molar-refractivity contribution in [3.63, 3.8) is 0 Å². The minimum Gasteiger partial charge on any atom is -0.493 e. The number of halogens is 1. The molecule has 1 aromatic carbocycles. The molecule has 1 aromatic rings. The van der Waals surface area contributed by atoms with E-state index in [0.717, 1.165) is 49.2 Å². The summed E-state index contributed by atoms with van der Waals surface area (Å²) in [4.78, 5) is 0. The zero-order chi connectivity index (χ0) is 12.1. The van der Waals surface area contributed by atoms with Gasteiger partial charge in [-0.25, -0.2) is 0 Å². The van der Waals surface area contributed by atoms with Crippen molar-refractivity contribution < 1.29 is 4.74 Å². The smallest absolute Gasteiger partial charge is 0.125 e. The van der Waals surface area contributed by atoms with E-state index in [9.17, 15) is 0 Å². The van der Waals surface area contributed by atoms with Crippen LogP contribution < -0.4 is 15.8 Å². The summed E-state index contributed by atoms with van der Waals surface area (Å²) in [5.74, 6) is 1.00. The van der Waals surface area contributed by atoms with Gasteiger partial charge in [0, 0.05) is 16.1 Å². The van der Waals surface area contributed by atoms with E-state index < -0.39 is 0 Å². The van der Waals surface area contributed by atoms with Gasteiger partial charge in [0.25, 0.3) is 0 Å². The second-order valence-corrected chi connectivity index (χ2v) is 5.24. The summed E-state index contributed by atoms with van der Waals surface area (Å²) in [5, 5.41) is 3.56. The largest absolute Gasteiger partial charge is 0.493 e. The average molecular weight is 299 g/mol. The minimum absolute atomic E-state index is 0.396. The van der Waals surface area contributed by atoms with E-state index in [1.807, 2.05) is 0 Å². The van der Waals surface area contributed by atoms with Gasteiger partial charge in [-0.3, -0.25) is 0 Å². The summed E-state index contributed by atoms with van der Waals surface area (Å²) < 4.78 is 6.84. The first-order valence-electron chi connectivity index (χ1n) is 6.17. The molecule has 1 heterocycles. The SMILES string of the molecule is NCCCNC1CCCOc2cc(Br)ccc21. The van der Waals surface area contributed by atoms with Crippen LogP contribution in [0.2, 0.25) is 0 Å². The third kappa shape index (κ3) is 3.44. The summed E-state index contributed by atoms with van der Waals surface area (Å²) in [6.07, 6.45) is 3.23. The highest BCUT2D eigenvalue weighted by atomic mass is 79.9. The zero-order valence-corrected chi connectivity index (χ0v) is 11.5. The first-order valence-corrected chi connectivity index (χ1v) is 6.96. The fourth-order valence-corrected chi connectivity index (χ4v) is 2.48. The van der Waals surface area contributed by atoms with Crippen LogP contribution in [0.5, 0.6) is 5.75 Å². The Labute approximate surface area is 111 Å². The van der Waals surface area contributed by atoms with Crippen LogP contribution in [-0.2, 0) is 0 Å². The molecule has 4 heteroatoms. The van der Waals surface area contributed by atoms with Crippen molar-refractivity contribution in [3.8, 4) is 5.75 Å². The maximum absolute atomic E-state index is 5.77. The van der Waals surface area contributed by atoms with Gasteiger partial charge in [0.05, 0.1) is 6.61 Å². The van der Waals surface area contributed by atoms with Crippen molar-refractivity contribution in [2.45, 2.75) is 25.3 Å². The van der Waals surface area contributed by atoms with Crippen LogP contribution in [0.3, 0.4) is 0 Å². The van der Waals surface area contributed by atoms with Gasteiger partial charge in [-0.2, -0.15) is 0 Å². The third-order valence-corrected chi connectivity index (χ3v) is 3.51. The lowest BCUT2D eigenvalue weighted by Crippen LogP contribution is -2.23. The van der Waals surface area contributed by atoms with E-state index in [4.69, 9.17) is 10.5 Å². The lowest BCUT2D eigenvalue weighted by Gasteiger charge is -2.18. The van der Waals surface area contributed by atoms with Gasteiger partial charge in [0.2, 0.25) is 0 Å². The van der Waals surface area contributed by atoms with Crippen molar-refractivity contribution in [3.05, 3.63) is 28.2 Å². The van der Waals surface area contributed by atoms with Gasteiger partial charge in [0.1, 0.15) is 5.75 Å². The second kappa shape index (κ2) is 6.38. The van der Waals surface area contributed by atoms with Crippen LogP contribution in [0.1, 0.15) is 30.9 Å². The molecule has 1 aliphatic rings. The van der Waals surface area contributed by atoms with E-state index >= 15 is 0 Å². The molecular formula is C13H19BrN2O. The standard InChI is InChI=1S/C13H19BrN2O/c14-10-4-5-11-12(16-7-2-6-15)3-1-8-17-13(11)9-10/h4-5,9,12,16H,1-3,6-8,15H2. The summed E-state index contributed by atoms with van der Waals surface area (Å²) in [6, 6.07) is 6.67. The highest BCUT2D eigenvalue weighted by Crippen LogP contribution is 2.33. The van der Waals surface area contributed by atoms with E-state index in [1.165, 1.54) is 5.56 Å². The molecule has 0 aromatic heterocycles. The Balaban J connectivity index is 2.12. The predicted molar refractivity (Wildman–Crippen MR) is 73.3 cm³/mol. The van der Waals surface area contributed by atoms with E-state index in [-0.39, 0.29) is 0 Å². The topological polar surface area (TPSA) is 47.3 Å². The van der Waals surface area contributed by atoms with Crippen molar-refractivity contribution in [1.29, 1.82) is 0 Å². The van der Waals surface area contributed by atoms with Gasteiger partial charge in [-0.05, 0) is 44.5 Å². The highest BCUT2D eigenvalue weighted by Gasteiger charge is 2.19. The summed E-state index contributed by atoms with van der Waals surface area (Å²) in [7, 11) is 0. The summed E-state index contributed by atoms with van der Waals surface area (Å²) >= 11 is 3.48. The lowest BCUT2D eigenvalue weighted by atomic mass is 10.0. The molecule has 3 N–H and O–H groups in total. The van der Waals surface area contributed by atoms with Gasteiger partial charge < -0.3 is 15.8 Å². The molecule has 1 aliphatic heterocycles. The Morgan fingerprint density at radius 2 is 2.35 bits per heavy atom. The molecule has 0 saturated carbocycles. The molecule has 94 valence electrons. The molecule has 1 atom stereocenters. The third-order valence-electron chi connectivity index (χ3n) is 3.02. The maximum Gasteiger partial charge on any atom is 0.125 e. The predicted octanol–water partition coefficient (Wildman–Crippen LogP) is 2.60. The number of hydrogen-bond donors (Lipinski definition) is 2. The molecule has 17 heavy (non-hydrogen) atoms. The Kier molecular flexibility index (Phi) is 4.83. The number of rotatable bonds is 4. The van der Waals surface area contributed by atoms with Gasteiger partial charge in [-0.15, -0.1) is 0 Å².